The third-order valence-corrected chi connectivity index (χ3v) is 5.01. The average molecular weight is 298 g/mol. The van der Waals surface area contributed by atoms with Gasteiger partial charge in [0.25, 0.3) is 0 Å². The fourth-order valence-electron chi connectivity index (χ4n) is 2.99. The van der Waals surface area contributed by atoms with Crippen molar-refractivity contribution in [2.24, 2.45) is 11.1 Å². The van der Waals surface area contributed by atoms with Crippen molar-refractivity contribution in [1.82, 2.24) is 5.32 Å². The molecule has 1 rings (SSSR count). The lowest BCUT2D eigenvalue weighted by Gasteiger charge is -2.44. The van der Waals surface area contributed by atoms with Crippen molar-refractivity contribution >= 4 is 5.91 Å². The van der Waals surface area contributed by atoms with E-state index in [1.807, 2.05) is 6.92 Å². The van der Waals surface area contributed by atoms with Crippen molar-refractivity contribution in [3.63, 3.8) is 0 Å². The Kier molecular flexibility index (Phi) is 6.67. The highest BCUT2D eigenvalue weighted by Crippen LogP contribution is 2.42. The first-order valence-corrected chi connectivity index (χ1v) is 8.46. The van der Waals surface area contributed by atoms with E-state index in [4.69, 9.17) is 10.5 Å². The molecule has 1 saturated carbocycles. The summed E-state index contributed by atoms with van der Waals surface area (Å²) in [6.07, 6.45) is 5.56. The van der Waals surface area contributed by atoms with Gasteiger partial charge in [-0.25, -0.2) is 0 Å². The predicted molar refractivity (Wildman–Crippen MR) is 87.1 cm³/mol. The normalized spacial score (nSPS) is 22.0. The van der Waals surface area contributed by atoms with Gasteiger partial charge in [0, 0.05) is 12.6 Å². The molecule has 21 heavy (non-hydrogen) atoms. The summed E-state index contributed by atoms with van der Waals surface area (Å²) in [4.78, 5) is 12.3. The molecule has 1 unspecified atom stereocenters. The summed E-state index contributed by atoms with van der Waals surface area (Å²) in [6, 6.07) is 0.239. The van der Waals surface area contributed by atoms with Gasteiger partial charge in [-0.3, -0.25) is 4.79 Å². The molecule has 0 aromatic rings. The van der Waals surface area contributed by atoms with Gasteiger partial charge < -0.3 is 15.8 Å². The number of hydrogen-bond donors (Lipinski definition) is 2. The number of rotatable bonds is 7. The SMILES string of the molecule is CCC(CC)NC(=O)C(C)OC1(CN)CCC(C)(C)CC1. The highest BCUT2D eigenvalue weighted by molar-refractivity contribution is 5.80. The standard InChI is InChI=1S/C17H34N2O2/c1-6-14(7-2)19-15(20)13(3)21-17(12-18)10-8-16(4,5)9-11-17/h13-14H,6-12,18H2,1-5H3,(H,19,20). The Morgan fingerprint density at radius 3 is 2.14 bits per heavy atom. The zero-order chi connectivity index (χ0) is 16.1. The zero-order valence-corrected chi connectivity index (χ0v) is 14.5. The number of carbonyl (C=O) groups is 1. The van der Waals surface area contributed by atoms with Gasteiger partial charge in [-0.05, 0) is 50.9 Å². The van der Waals surface area contributed by atoms with E-state index in [0.29, 0.717) is 12.0 Å². The molecule has 3 N–H and O–H groups in total. The highest BCUT2D eigenvalue weighted by atomic mass is 16.5. The van der Waals surface area contributed by atoms with Crippen molar-refractivity contribution in [1.29, 1.82) is 0 Å². The molecular weight excluding hydrogens is 264 g/mol. The maximum absolute atomic E-state index is 12.3. The fourth-order valence-corrected chi connectivity index (χ4v) is 2.99. The van der Waals surface area contributed by atoms with Crippen molar-refractivity contribution in [3.05, 3.63) is 0 Å². The van der Waals surface area contributed by atoms with Gasteiger partial charge in [0.1, 0.15) is 6.10 Å². The smallest absolute Gasteiger partial charge is 0.249 e. The van der Waals surface area contributed by atoms with Crippen LogP contribution in [0.15, 0.2) is 0 Å². The number of ether oxygens (including phenoxy) is 1. The summed E-state index contributed by atoms with van der Waals surface area (Å²) >= 11 is 0. The third-order valence-electron chi connectivity index (χ3n) is 5.01. The van der Waals surface area contributed by atoms with Gasteiger partial charge in [-0.1, -0.05) is 27.7 Å². The van der Waals surface area contributed by atoms with E-state index in [1.54, 1.807) is 0 Å². The van der Waals surface area contributed by atoms with Crippen molar-refractivity contribution in [3.8, 4) is 0 Å². The number of nitrogens with one attached hydrogen (secondary N) is 1. The molecule has 0 radical (unpaired) electrons. The molecule has 0 saturated heterocycles. The van der Waals surface area contributed by atoms with Gasteiger partial charge in [-0.2, -0.15) is 0 Å². The van der Waals surface area contributed by atoms with E-state index in [0.717, 1.165) is 38.5 Å². The van der Waals surface area contributed by atoms with Gasteiger partial charge in [0.05, 0.1) is 5.60 Å². The van der Waals surface area contributed by atoms with Crippen LogP contribution in [-0.2, 0) is 9.53 Å². The van der Waals surface area contributed by atoms with Crippen LogP contribution in [0.3, 0.4) is 0 Å². The minimum absolute atomic E-state index is 0.0126. The van der Waals surface area contributed by atoms with E-state index in [1.165, 1.54) is 0 Å². The second-order valence-corrected chi connectivity index (χ2v) is 7.33. The molecule has 0 aliphatic heterocycles. The van der Waals surface area contributed by atoms with Crippen molar-refractivity contribution in [2.45, 2.75) is 90.9 Å². The van der Waals surface area contributed by atoms with E-state index in [2.05, 4.69) is 33.0 Å². The molecule has 4 heteroatoms. The second kappa shape index (κ2) is 7.59. The molecule has 0 bridgehead atoms. The van der Waals surface area contributed by atoms with Crippen LogP contribution in [-0.4, -0.2) is 30.2 Å². The van der Waals surface area contributed by atoms with Crippen LogP contribution in [0.1, 0.15) is 73.1 Å². The lowest BCUT2D eigenvalue weighted by molar-refractivity contribution is -0.153. The van der Waals surface area contributed by atoms with Crippen molar-refractivity contribution < 1.29 is 9.53 Å². The summed E-state index contributed by atoms with van der Waals surface area (Å²) < 4.78 is 6.14. The maximum Gasteiger partial charge on any atom is 0.249 e. The third kappa shape index (κ3) is 5.26. The number of carbonyl (C=O) groups excluding carboxylic acids is 1. The molecule has 1 aliphatic carbocycles. The molecule has 1 aliphatic rings. The summed E-state index contributed by atoms with van der Waals surface area (Å²) in [5.74, 6) is -0.0126. The monoisotopic (exact) mass is 298 g/mol. The van der Waals surface area contributed by atoms with Crippen LogP contribution in [0.2, 0.25) is 0 Å². The Bertz CT molecular complexity index is 328. The maximum atomic E-state index is 12.3. The molecule has 0 spiro atoms. The van der Waals surface area contributed by atoms with Crippen LogP contribution < -0.4 is 11.1 Å². The molecule has 1 atom stereocenters. The van der Waals surface area contributed by atoms with Crippen molar-refractivity contribution in [2.75, 3.05) is 6.54 Å². The lowest BCUT2D eigenvalue weighted by Crippen LogP contribution is -2.51. The highest BCUT2D eigenvalue weighted by Gasteiger charge is 2.40. The number of nitrogens with two attached hydrogens (primary N) is 1. The lowest BCUT2D eigenvalue weighted by atomic mass is 9.71. The average Bonchev–Trinajstić information content (AvgIpc) is 2.47. The molecule has 1 amide bonds. The molecule has 0 aromatic carbocycles. The molecule has 0 aromatic heterocycles. The Morgan fingerprint density at radius 1 is 1.19 bits per heavy atom. The van der Waals surface area contributed by atoms with Crippen LogP contribution in [0.4, 0.5) is 0 Å². The minimum atomic E-state index is -0.435. The first-order chi connectivity index (χ1) is 9.77. The Morgan fingerprint density at radius 2 is 1.71 bits per heavy atom. The molecular formula is C17H34N2O2. The summed E-state index contributed by atoms with van der Waals surface area (Å²) in [6.45, 7) is 11.1. The van der Waals surface area contributed by atoms with E-state index < -0.39 is 6.10 Å². The quantitative estimate of drug-likeness (QED) is 0.759. The number of hydrogen-bond acceptors (Lipinski definition) is 3. The van der Waals surface area contributed by atoms with Gasteiger partial charge in [0.2, 0.25) is 5.91 Å². The first kappa shape index (κ1) is 18.4. The topological polar surface area (TPSA) is 64.3 Å². The molecule has 124 valence electrons. The van der Waals surface area contributed by atoms with Crippen LogP contribution >= 0.6 is 0 Å². The van der Waals surface area contributed by atoms with E-state index in [9.17, 15) is 4.79 Å². The van der Waals surface area contributed by atoms with Crippen LogP contribution in [0.25, 0.3) is 0 Å². The Balaban J connectivity index is 2.58. The zero-order valence-electron chi connectivity index (χ0n) is 14.5. The molecule has 0 heterocycles. The molecule has 1 fully saturated rings. The Hall–Kier alpha value is -0.610. The van der Waals surface area contributed by atoms with Gasteiger partial charge in [-0.15, -0.1) is 0 Å². The largest absolute Gasteiger partial charge is 0.361 e. The Labute approximate surface area is 130 Å². The summed E-state index contributed by atoms with van der Waals surface area (Å²) in [7, 11) is 0. The van der Waals surface area contributed by atoms with Gasteiger partial charge in [0.15, 0.2) is 0 Å². The summed E-state index contributed by atoms with van der Waals surface area (Å²) in [5, 5.41) is 3.06. The van der Waals surface area contributed by atoms with E-state index >= 15 is 0 Å². The number of amides is 1. The van der Waals surface area contributed by atoms with Gasteiger partial charge >= 0.3 is 0 Å². The second-order valence-electron chi connectivity index (χ2n) is 7.33. The minimum Gasteiger partial charge on any atom is -0.361 e. The first-order valence-electron chi connectivity index (χ1n) is 8.46. The molecule has 4 nitrogen and oxygen atoms in total. The van der Waals surface area contributed by atoms with Crippen LogP contribution in [0.5, 0.6) is 0 Å². The fraction of sp³-hybridized carbons (Fsp3) is 0.941. The summed E-state index contributed by atoms with van der Waals surface area (Å²) in [5.41, 5.74) is 6.02. The van der Waals surface area contributed by atoms with E-state index in [-0.39, 0.29) is 17.6 Å². The van der Waals surface area contributed by atoms with Crippen LogP contribution in [0, 0.1) is 5.41 Å². The predicted octanol–water partition coefficient (Wildman–Crippen LogP) is 2.99.